The molecule has 158 valence electrons. The molecule has 5 rings (SSSR count). The SMILES string of the molecule is CN1CCC(N=C(N)c2cccc3c2nc(Nc2ccccc2Cl)c2sccc23)CC1. The lowest BCUT2D eigenvalue weighted by Gasteiger charge is -2.26. The number of nitrogens with zero attached hydrogens (tertiary/aromatic N) is 3. The molecule has 7 heteroatoms. The van der Waals surface area contributed by atoms with Crippen molar-refractivity contribution < 1.29 is 0 Å². The summed E-state index contributed by atoms with van der Waals surface area (Å²) in [7, 11) is 2.15. The molecule has 0 spiro atoms. The summed E-state index contributed by atoms with van der Waals surface area (Å²) in [5.74, 6) is 1.34. The molecule has 1 aliphatic heterocycles. The van der Waals surface area contributed by atoms with Gasteiger partial charge in [-0.05, 0) is 62.6 Å². The predicted molar refractivity (Wildman–Crippen MR) is 133 cm³/mol. The van der Waals surface area contributed by atoms with E-state index in [0.717, 1.165) is 64.0 Å². The zero-order valence-corrected chi connectivity index (χ0v) is 18.9. The van der Waals surface area contributed by atoms with Gasteiger partial charge in [-0.1, -0.05) is 35.9 Å². The van der Waals surface area contributed by atoms with E-state index in [1.54, 1.807) is 11.3 Å². The van der Waals surface area contributed by atoms with Crippen LogP contribution in [0.4, 0.5) is 11.5 Å². The highest BCUT2D eigenvalue weighted by Crippen LogP contribution is 2.37. The summed E-state index contributed by atoms with van der Waals surface area (Å²) in [4.78, 5) is 12.2. The highest BCUT2D eigenvalue weighted by atomic mass is 35.5. The van der Waals surface area contributed by atoms with Gasteiger partial charge in [0.1, 0.15) is 11.7 Å². The van der Waals surface area contributed by atoms with Crippen molar-refractivity contribution in [3.05, 3.63) is 64.5 Å². The zero-order chi connectivity index (χ0) is 21.4. The van der Waals surface area contributed by atoms with Crippen molar-refractivity contribution in [1.29, 1.82) is 0 Å². The van der Waals surface area contributed by atoms with Crippen molar-refractivity contribution in [2.45, 2.75) is 18.9 Å². The number of para-hydroxylation sites is 2. The van der Waals surface area contributed by atoms with Crippen LogP contribution in [0.25, 0.3) is 21.0 Å². The summed E-state index contributed by atoms with van der Waals surface area (Å²) >= 11 is 8.05. The first kappa shape index (κ1) is 20.2. The molecule has 1 fully saturated rings. The van der Waals surface area contributed by atoms with Crippen molar-refractivity contribution in [3.8, 4) is 0 Å². The van der Waals surface area contributed by atoms with Gasteiger partial charge in [0.05, 0.1) is 27.0 Å². The average molecular weight is 450 g/mol. The van der Waals surface area contributed by atoms with Crippen molar-refractivity contribution in [2.75, 3.05) is 25.5 Å². The number of fused-ring (bicyclic) bond motifs is 3. The second kappa shape index (κ2) is 8.46. The van der Waals surface area contributed by atoms with Crippen LogP contribution >= 0.6 is 22.9 Å². The Kier molecular flexibility index (Phi) is 5.52. The van der Waals surface area contributed by atoms with Crippen LogP contribution in [0.15, 0.2) is 58.9 Å². The van der Waals surface area contributed by atoms with Gasteiger partial charge in [-0.3, -0.25) is 4.99 Å². The first-order valence-electron chi connectivity index (χ1n) is 10.4. The Labute approximate surface area is 190 Å². The van der Waals surface area contributed by atoms with Crippen LogP contribution in [0.3, 0.4) is 0 Å². The van der Waals surface area contributed by atoms with Gasteiger partial charge in [-0.2, -0.15) is 0 Å². The van der Waals surface area contributed by atoms with Gasteiger partial charge < -0.3 is 16.0 Å². The van der Waals surface area contributed by atoms with Gasteiger partial charge in [0.25, 0.3) is 0 Å². The number of halogens is 1. The predicted octanol–water partition coefficient (Wildman–Crippen LogP) is 5.65. The normalized spacial score (nSPS) is 16.3. The number of rotatable bonds is 4. The molecule has 31 heavy (non-hydrogen) atoms. The van der Waals surface area contributed by atoms with Crippen molar-refractivity contribution in [1.82, 2.24) is 9.88 Å². The standard InChI is InChI=1S/C24H24ClN5S/c1-30-12-9-15(10-13-30)27-23(26)18-6-4-5-16-17-11-14-31-22(17)24(29-21(16)18)28-20-8-3-2-7-19(20)25/h2-8,11,14-15H,9-10,12-13H2,1H3,(H2,26,27)(H,28,29). The minimum absolute atomic E-state index is 0.261. The number of nitrogens with one attached hydrogen (secondary N) is 1. The van der Waals surface area contributed by atoms with Crippen molar-refractivity contribution in [2.24, 2.45) is 10.7 Å². The van der Waals surface area contributed by atoms with Gasteiger partial charge in [-0.25, -0.2) is 4.98 Å². The fraction of sp³-hybridized carbons (Fsp3) is 0.250. The van der Waals surface area contributed by atoms with Crippen LogP contribution in [0.1, 0.15) is 18.4 Å². The molecule has 0 aliphatic carbocycles. The number of hydrogen-bond acceptors (Lipinski definition) is 5. The van der Waals surface area contributed by atoms with E-state index in [0.29, 0.717) is 10.9 Å². The summed E-state index contributed by atoms with van der Waals surface area (Å²) in [6.07, 6.45) is 2.06. The number of thiophene rings is 1. The number of piperidine rings is 1. The maximum absolute atomic E-state index is 6.53. The Morgan fingerprint density at radius 3 is 2.74 bits per heavy atom. The van der Waals surface area contributed by atoms with Crippen molar-refractivity contribution in [3.63, 3.8) is 0 Å². The van der Waals surface area contributed by atoms with Gasteiger partial charge in [0, 0.05) is 16.3 Å². The Morgan fingerprint density at radius 1 is 1.13 bits per heavy atom. The summed E-state index contributed by atoms with van der Waals surface area (Å²) in [6.45, 7) is 2.10. The monoisotopic (exact) mass is 449 g/mol. The molecule has 0 atom stereocenters. The molecule has 2 aromatic carbocycles. The smallest absolute Gasteiger partial charge is 0.149 e. The molecule has 3 N–H and O–H groups in total. The van der Waals surface area contributed by atoms with Gasteiger partial charge in [0.2, 0.25) is 0 Å². The number of aliphatic imine (C=N–C) groups is 1. The fourth-order valence-corrected chi connectivity index (χ4v) is 5.16. The summed E-state index contributed by atoms with van der Waals surface area (Å²) in [5, 5.41) is 8.41. The van der Waals surface area contributed by atoms with Crippen LogP contribution in [0.5, 0.6) is 0 Å². The Hall–Kier alpha value is -2.67. The molecule has 2 aromatic heterocycles. The van der Waals surface area contributed by atoms with E-state index < -0.39 is 0 Å². The number of anilines is 2. The Morgan fingerprint density at radius 2 is 1.94 bits per heavy atom. The van der Waals surface area contributed by atoms with Gasteiger partial charge >= 0.3 is 0 Å². The molecule has 3 heterocycles. The number of likely N-dealkylation sites (tertiary alicyclic amines) is 1. The molecule has 0 amide bonds. The average Bonchev–Trinajstić information content (AvgIpc) is 3.27. The fourth-order valence-electron chi connectivity index (χ4n) is 4.12. The van der Waals surface area contributed by atoms with E-state index >= 15 is 0 Å². The van der Waals surface area contributed by atoms with E-state index in [1.165, 1.54) is 0 Å². The number of aromatic nitrogens is 1. The van der Waals surface area contributed by atoms with E-state index in [2.05, 4.69) is 34.8 Å². The molecule has 0 bridgehead atoms. The first-order chi connectivity index (χ1) is 15.1. The number of amidine groups is 1. The Bertz CT molecular complexity index is 1270. The lowest BCUT2D eigenvalue weighted by molar-refractivity contribution is 0.257. The highest BCUT2D eigenvalue weighted by molar-refractivity contribution is 7.18. The number of benzene rings is 2. The van der Waals surface area contributed by atoms with Crippen LogP contribution < -0.4 is 11.1 Å². The quantitative estimate of drug-likeness (QED) is 0.312. The lowest BCUT2D eigenvalue weighted by Crippen LogP contribution is -2.33. The lowest BCUT2D eigenvalue weighted by atomic mass is 10.0. The topological polar surface area (TPSA) is 66.5 Å². The minimum Gasteiger partial charge on any atom is -0.383 e. The summed E-state index contributed by atoms with van der Waals surface area (Å²) in [6, 6.07) is 16.2. The molecular weight excluding hydrogens is 426 g/mol. The third-order valence-corrected chi connectivity index (χ3v) is 7.09. The molecule has 1 aliphatic rings. The van der Waals surface area contributed by atoms with Crippen LogP contribution in [-0.4, -0.2) is 41.9 Å². The number of pyridine rings is 1. The van der Waals surface area contributed by atoms with Gasteiger partial charge in [-0.15, -0.1) is 11.3 Å². The third-order valence-electron chi connectivity index (χ3n) is 5.84. The minimum atomic E-state index is 0.261. The molecule has 4 aromatic rings. The zero-order valence-electron chi connectivity index (χ0n) is 17.3. The molecule has 1 saturated heterocycles. The summed E-state index contributed by atoms with van der Waals surface area (Å²) in [5.41, 5.74) is 9.10. The first-order valence-corrected chi connectivity index (χ1v) is 11.7. The maximum Gasteiger partial charge on any atom is 0.149 e. The molecule has 0 saturated carbocycles. The van der Waals surface area contributed by atoms with E-state index in [-0.39, 0.29) is 6.04 Å². The molecular formula is C24H24ClN5S. The molecule has 0 radical (unpaired) electrons. The van der Waals surface area contributed by atoms with E-state index in [1.807, 2.05) is 36.4 Å². The largest absolute Gasteiger partial charge is 0.383 e. The maximum atomic E-state index is 6.53. The Balaban J connectivity index is 1.61. The van der Waals surface area contributed by atoms with Crippen LogP contribution in [0.2, 0.25) is 5.02 Å². The second-order valence-electron chi connectivity index (χ2n) is 7.98. The second-order valence-corrected chi connectivity index (χ2v) is 9.30. The van der Waals surface area contributed by atoms with E-state index in [9.17, 15) is 0 Å². The third kappa shape index (κ3) is 3.99. The van der Waals surface area contributed by atoms with E-state index in [4.69, 9.17) is 27.3 Å². The molecule has 5 nitrogen and oxygen atoms in total. The highest BCUT2D eigenvalue weighted by Gasteiger charge is 2.18. The number of hydrogen-bond donors (Lipinski definition) is 2. The van der Waals surface area contributed by atoms with Crippen LogP contribution in [0, 0.1) is 0 Å². The summed E-state index contributed by atoms with van der Waals surface area (Å²) < 4.78 is 1.09. The van der Waals surface area contributed by atoms with Gasteiger partial charge in [0.15, 0.2) is 0 Å². The molecule has 0 unspecified atom stereocenters. The van der Waals surface area contributed by atoms with Crippen LogP contribution in [-0.2, 0) is 0 Å². The van der Waals surface area contributed by atoms with Crippen molar-refractivity contribution >= 4 is 61.3 Å². The number of nitrogens with two attached hydrogens (primary N) is 1.